The molecule has 1 amide bonds. The van der Waals surface area contributed by atoms with E-state index in [2.05, 4.69) is 60.7 Å². The van der Waals surface area contributed by atoms with E-state index in [1.165, 1.54) is 16.7 Å². The van der Waals surface area contributed by atoms with Crippen molar-refractivity contribution < 1.29 is 4.79 Å². The van der Waals surface area contributed by atoms with Gasteiger partial charge in [0.15, 0.2) is 0 Å². The SMILES string of the molecule is Cc1ccc([C@@H]2CCCN2C(=O)[C@H](C)N2CCN(C)CC2)cc1C. The number of benzene rings is 1. The Morgan fingerprint density at radius 1 is 1.08 bits per heavy atom. The van der Waals surface area contributed by atoms with Crippen molar-refractivity contribution in [3.63, 3.8) is 0 Å². The van der Waals surface area contributed by atoms with Gasteiger partial charge in [0.1, 0.15) is 0 Å². The van der Waals surface area contributed by atoms with Crippen LogP contribution < -0.4 is 0 Å². The molecule has 1 aromatic rings. The molecule has 0 aliphatic carbocycles. The van der Waals surface area contributed by atoms with Gasteiger partial charge in [0.2, 0.25) is 5.91 Å². The Morgan fingerprint density at radius 3 is 2.46 bits per heavy atom. The highest BCUT2D eigenvalue weighted by Crippen LogP contribution is 2.33. The summed E-state index contributed by atoms with van der Waals surface area (Å²) in [5.41, 5.74) is 3.94. The van der Waals surface area contributed by atoms with E-state index < -0.39 is 0 Å². The molecule has 0 bridgehead atoms. The molecule has 2 aliphatic heterocycles. The summed E-state index contributed by atoms with van der Waals surface area (Å²) in [6.07, 6.45) is 2.20. The van der Waals surface area contributed by atoms with Gasteiger partial charge in [-0.3, -0.25) is 9.69 Å². The van der Waals surface area contributed by atoms with Crippen molar-refractivity contribution in [1.82, 2.24) is 14.7 Å². The van der Waals surface area contributed by atoms with Gasteiger partial charge in [-0.1, -0.05) is 18.2 Å². The van der Waals surface area contributed by atoms with Gasteiger partial charge in [-0.25, -0.2) is 0 Å². The Hall–Kier alpha value is -1.39. The highest BCUT2D eigenvalue weighted by Gasteiger charge is 2.35. The number of rotatable bonds is 3. The van der Waals surface area contributed by atoms with Gasteiger partial charge in [-0.15, -0.1) is 0 Å². The number of hydrogen-bond donors (Lipinski definition) is 0. The molecule has 24 heavy (non-hydrogen) atoms. The number of piperazine rings is 1. The molecular weight excluding hydrogens is 298 g/mol. The maximum atomic E-state index is 13.1. The van der Waals surface area contributed by atoms with Crippen LogP contribution in [0.15, 0.2) is 18.2 Å². The zero-order chi connectivity index (χ0) is 17.3. The molecule has 2 aliphatic rings. The Morgan fingerprint density at radius 2 is 1.79 bits per heavy atom. The van der Waals surface area contributed by atoms with Crippen LogP contribution in [-0.4, -0.2) is 66.4 Å². The molecule has 1 aromatic carbocycles. The number of aryl methyl sites for hydroxylation is 2. The summed E-state index contributed by atoms with van der Waals surface area (Å²) < 4.78 is 0. The Kier molecular flexibility index (Phi) is 5.26. The van der Waals surface area contributed by atoms with E-state index in [-0.39, 0.29) is 12.1 Å². The normalized spacial score (nSPS) is 24.3. The van der Waals surface area contributed by atoms with Gasteiger partial charge in [0, 0.05) is 32.7 Å². The van der Waals surface area contributed by atoms with Crippen LogP contribution in [0.2, 0.25) is 0 Å². The lowest BCUT2D eigenvalue weighted by Gasteiger charge is -2.38. The minimum absolute atomic E-state index is 0.00848. The largest absolute Gasteiger partial charge is 0.334 e. The Labute approximate surface area is 146 Å². The lowest BCUT2D eigenvalue weighted by atomic mass is 9.99. The molecule has 3 rings (SSSR count). The molecule has 2 fully saturated rings. The topological polar surface area (TPSA) is 26.8 Å². The standard InChI is InChI=1S/C20H31N3O/c1-15-7-8-18(14-16(15)2)19-6-5-9-23(19)20(24)17(3)22-12-10-21(4)11-13-22/h7-8,14,17,19H,5-6,9-13H2,1-4H3/t17-,19-/m0/s1. The second-order valence-electron chi connectivity index (χ2n) is 7.55. The maximum Gasteiger partial charge on any atom is 0.240 e. The van der Waals surface area contributed by atoms with Gasteiger partial charge < -0.3 is 9.80 Å². The van der Waals surface area contributed by atoms with Crippen molar-refractivity contribution in [2.45, 2.75) is 45.7 Å². The summed E-state index contributed by atoms with van der Waals surface area (Å²) in [4.78, 5) is 19.9. The second-order valence-corrected chi connectivity index (χ2v) is 7.55. The van der Waals surface area contributed by atoms with Crippen molar-refractivity contribution in [3.05, 3.63) is 34.9 Å². The van der Waals surface area contributed by atoms with Gasteiger partial charge >= 0.3 is 0 Å². The van der Waals surface area contributed by atoms with Crippen LogP contribution in [0.3, 0.4) is 0 Å². The number of likely N-dealkylation sites (tertiary alicyclic amines) is 1. The van der Waals surface area contributed by atoms with E-state index in [0.717, 1.165) is 45.6 Å². The van der Waals surface area contributed by atoms with Crippen molar-refractivity contribution in [1.29, 1.82) is 0 Å². The summed E-state index contributed by atoms with van der Waals surface area (Å²) in [5.74, 6) is 0.306. The molecule has 4 nitrogen and oxygen atoms in total. The molecule has 0 saturated carbocycles. The van der Waals surface area contributed by atoms with Crippen molar-refractivity contribution in [2.24, 2.45) is 0 Å². The van der Waals surface area contributed by atoms with Crippen LogP contribution >= 0.6 is 0 Å². The van der Waals surface area contributed by atoms with Crippen LogP contribution in [0.5, 0.6) is 0 Å². The van der Waals surface area contributed by atoms with Crippen LogP contribution in [0, 0.1) is 13.8 Å². The number of carbonyl (C=O) groups is 1. The lowest BCUT2D eigenvalue weighted by molar-refractivity contribution is -0.138. The van der Waals surface area contributed by atoms with Crippen LogP contribution in [-0.2, 0) is 4.79 Å². The van der Waals surface area contributed by atoms with Crippen LogP contribution in [0.25, 0.3) is 0 Å². The quantitative estimate of drug-likeness (QED) is 0.853. The number of hydrogen-bond acceptors (Lipinski definition) is 3. The fraction of sp³-hybridized carbons (Fsp3) is 0.650. The molecular formula is C20H31N3O. The summed E-state index contributed by atoms with van der Waals surface area (Å²) in [6.45, 7) is 11.4. The summed E-state index contributed by atoms with van der Waals surface area (Å²) >= 11 is 0. The minimum atomic E-state index is -0.00848. The van der Waals surface area contributed by atoms with Crippen molar-refractivity contribution in [2.75, 3.05) is 39.8 Å². The number of nitrogens with zero attached hydrogens (tertiary/aromatic N) is 3. The zero-order valence-corrected chi connectivity index (χ0v) is 15.6. The number of carbonyl (C=O) groups excluding carboxylic acids is 1. The van der Waals surface area contributed by atoms with Gasteiger partial charge in [-0.2, -0.15) is 0 Å². The first-order valence-corrected chi connectivity index (χ1v) is 9.27. The molecule has 0 N–H and O–H groups in total. The van der Waals surface area contributed by atoms with Gasteiger partial charge in [-0.05, 0) is 57.4 Å². The predicted octanol–water partition coefficient (Wildman–Crippen LogP) is 2.60. The third kappa shape index (κ3) is 3.50. The first kappa shape index (κ1) is 17.4. The predicted molar refractivity (Wildman–Crippen MR) is 98.1 cm³/mol. The highest BCUT2D eigenvalue weighted by atomic mass is 16.2. The average molecular weight is 329 g/mol. The first-order chi connectivity index (χ1) is 11.5. The maximum absolute atomic E-state index is 13.1. The summed E-state index contributed by atoms with van der Waals surface area (Å²) in [5, 5.41) is 0. The highest BCUT2D eigenvalue weighted by molar-refractivity contribution is 5.82. The third-order valence-electron chi connectivity index (χ3n) is 5.89. The van der Waals surface area contributed by atoms with E-state index >= 15 is 0 Å². The van der Waals surface area contributed by atoms with Gasteiger partial charge in [0.25, 0.3) is 0 Å². The number of amides is 1. The Bertz CT molecular complexity index is 593. The summed E-state index contributed by atoms with van der Waals surface area (Å²) in [6, 6.07) is 6.92. The third-order valence-corrected chi connectivity index (χ3v) is 5.89. The molecule has 0 spiro atoms. The van der Waals surface area contributed by atoms with E-state index in [9.17, 15) is 4.79 Å². The van der Waals surface area contributed by atoms with E-state index in [1.807, 2.05) is 0 Å². The fourth-order valence-corrected chi connectivity index (χ4v) is 3.95. The Balaban J connectivity index is 1.72. The van der Waals surface area contributed by atoms with Gasteiger partial charge in [0.05, 0.1) is 12.1 Å². The van der Waals surface area contributed by atoms with Crippen molar-refractivity contribution >= 4 is 5.91 Å². The lowest BCUT2D eigenvalue weighted by Crippen LogP contribution is -2.53. The summed E-state index contributed by atoms with van der Waals surface area (Å²) in [7, 11) is 2.15. The van der Waals surface area contributed by atoms with Crippen LogP contribution in [0.4, 0.5) is 0 Å². The molecule has 0 aromatic heterocycles. The molecule has 0 unspecified atom stereocenters. The molecule has 2 heterocycles. The van der Waals surface area contributed by atoms with E-state index in [0.29, 0.717) is 5.91 Å². The fourth-order valence-electron chi connectivity index (χ4n) is 3.95. The molecule has 132 valence electrons. The van der Waals surface area contributed by atoms with E-state index in [4.69, 9.17) is 0 Å². The monoisotopic (exact) mass is 329 g/mol. The first-order valence-electron chi connectivity index (χ1n) is 9.27. The zero-order valence-electron chi connectivity index (χ0n) is 15.6. The second kappa shape index (κ2) is 7.24. The molecule has 2 atom stereocenters. The van der Waals surface area contributed by atoms with Crippen LogP contribution in [0.1, 0.15) is 42.5 Å². The molecule has 4 heteroatoms. The van der Waals surface area contributed by atoms with Crippen molar-refractivity contribution in [3.8, 4) is 0 Å². The molecule has 2 saturated heterocycles. The smallest absolute Gasteiger partial charge is 0.240 e. The average Bonchev–Trinajstić information content (AvgIpc) is 3.06. The minimum Gasteiger partial charge on any atom is -0.334 e. The van der Waals surface area contributed by atoms with E-state index in [1.54, 1.807) is 0 Å². The number of likely N-dealkylation sites (N-methyl/N-ethyl adjacent to an activating group) is 1. The molecule has 0 radical (unpaired) electrons.